The molecule has 0 radical (unpaired) electrons. The number of nitrogens with zero attached hydrogens (tertiary/aromatic N) is 1. The third-order valence-electron chi connectivity index (χ3n) is 3.54. The Morgan fingerprint density at radius 1 is 1.47 bits per heavy atom. The highest BCUT2D eigenvalue weighted by Gasteiger charge is 2.20. The van der Waals surface area contributed by atoms with E-state index in [1.807, 2.05) is 13.2 Å². The summed E-state index contributed by atoms with van der Waals surface area (Å²) in [6.45, 7) is 4.86. The molecule has 0 saturated carbocycles. The Balaban J connectivity index is 2.10. The van der Waals surface area contributed by atoms with Gasteiger partial charge in [-0.1, -0.05) is 6.42 Å². The van der Waals surface area contributed by atoms with Crippen molar-refractivity contribution in [2.24, 2.45) is 0 Å². The summed E-state index contributed by atoms with van der Waals surface area (Å²) < 4.78 is 0. The van der Waals surface area contributed by atoms with E-state index in [-0.39, 0.29) is 0 Å². The lowest BCUT2D eigenvalue weighted by Gasteiger charge is -2.33. The third kappa shape index (κ3) is 6.09. The first-order valence-corrected chi connectivity index (χ1v) is 8.07. The molecule has 1 aliphatic heterocycles. The van der Waals surface area contributed by atoms with Crippen molar-refractivity contribution in [2.75, 3.05) is 38.7 Å². The lowest BCUT2D eigenvalue weighted by Crippen LogP contribution is -2.42. The summed E-state index contributed by atoms with van der Waals surface area (Å²) in [5, 5.41) is 13.4. The number of likely N-dealkylation sites (tertiary alicyclic amines) is 1. The van der Waals surface area contributed by atoms with Gasteiger partial charge < -0.3 is 15.3 Å². The first-order chi connectivity index (χ1) is 8.05. The Labute approximate surface area is 110 Å². The smallest absolute Gasteiger partial charge is 0.0833 e. The van der Waals surface area contributed by atoms with Crippen molar-refractivity contribution in [1.29, 1.82) is 0 Å². The molecule has 2 unspecified atom stereocenters. The zero-order chi connectivity index (χ0) is 12.7. The quantitative estimate of drug-likeness (QED) is 0.681. The van der Waals surface area contributed by atoms with E-state index in [1.165, 1.54) is 32.2 Å². The van der Waals surface area contributed by atoms with Gasteiger partial charge in [0.25, 0.3) is 0 Å². The van der Waals surface area contributed by atoms with Crippen LogP contribution in [-0.4, -0.2) is 60.3 Å². The van der Waals surface area contributed by atoms with Crippen LogP contribution < -0.4 is 5.32 Å². The normalized spacial score (nSPS) is 25.8. The summed E-state index contributed by atoms with van der Waals surface area (Å²) in [4.78, 5) is 2.48. The van der Waals surface area contributed by atoms with E-state index in [1.54, 1.807) is 11.8 Å². The molecule has 102 valence electrons. The maximum Gasteiger partial charge on any atom is 0.0833 e. The molecule has 1 fully saturated rings. The van der Waals surface area contributed by atoms with Gasteiger partial charge >= 0.3 is 0 Å². The molecule has 1 rings (SSSR count). The summed E-state index contributed by atoms with van der Waals surface area (Å²) >= 11 is 1.70. The second-order valence-corrected chi connectivity index (χ2v) is 6.39. The van der Waals surface area contributed by atoms with E-state index in [0.29, 0.717) is 6.54 Å². The highest BCUT2D eigenvalue weighted by atomic mass is 32.2. The molecule has 0 aliphatic carbocycles. The SMILES string of the molecule is CSCC(C)(O)CNCCC1CCCCN1C. The van der Waals surface area contributed by atoms with Gasteiger partial charge in [0.05, 0.1) is 5.60 Å². The monoisotopic (exact) mass is 260 g/mol. The predicted octanol–water partition coefficient (Wildman–Crippen LogP) is 1.56. The summed E-state index contributed by atoms with van der Waals surface area (Å²) in [5.41, 5.74) is -0.572. The minimum atomic E-state index is -0.572. The Morgan fingerprint density at radius 3 is 2.88 bits per heavy atom. The van der Waals surface area contributed by atoms with Crippen LogP contribution in [0, 0.1) is 0 Å². The van der Waals surface area contributed by atoms with Crippen LogP contribution in [0.2, 0.25) is 0 Å². The Morgan fingerprint density at radius 2 is 2.24 bits per heavy atom. The molecule has 2 N–H and O–H groups in total. The van der Waals surface area contributed by atoms with Crippen LogP contribution >= 0.6 is 11.8 Å². The Hall–Kier alpha value is 0.230. The van der Waals surface area contributed by atoms with E-state index in [2.05, 4.69) is 17.3 Å². The average molecular weight is 260 g/mol. The van der Waals surface area contributed by atoms with Crippen molar-refractivity contribution in [2.45, 2.75) is 44.2 Å². The number of hydrogen-bond donors (Lipinski definition) is 2. The van der Waals surface area contributed by atoms with Crippen molar-refractivity contribution in [1.82, 2.24) is 10.2 Å². The van der Waals surface area contributed by atoms with Crippen molar-refractivity contribution >= 4 is 11.8 Å². The van der Waals surface area contributed by atoms with E-state index >= 15 is 0 Å². The largest absolute Gasteiger partial charge is 0.388 e. The molecule has 17 heavy (non-hydrogen) atoms. The van der Waals surface area contributed by atoms with Crippen LogP contribution in [0.4, 0.5) is 0 Å². The highest BCUT2D eigenvalue weighted by molar-refractivity contribution is 7.98. The molecule has 0 aromatic rings. The van der Waals surface area contributed by atoms with E-state index in [9.17, 15) is 5.11 Å². The lowest BCUT2D eigenvalue weighted by molar-refractivity contribution is 0.0835. The van der Waals surface area contributed by atoms with Crippen molar-refractivity contribution in [3.63, 3.8) is 0 Å². The maximum absolute atomic E-state index is 10.0. The fourth-order valence-corrected chi connectivity index (χ4v) is 3.22. The molecule has 0 aromatic carbocycles. The predicted molar refractivity (Wildman–Crippen MR) is 76.8 cm³/mol. The van der Waals surface area contributed by atoms with E-state index in [0.717, 1.165) is 18.3 Å². The number of thioether (sulfide) groups is 1. The summed E-state index contributed by atoms with van der Waals surface area (Å²) in [7, 11) is 2.23. The fourth-order valence-electron chi connectivity index (χ4n) is 2.50. The molecule has 3 nitrogen and oxygen atoms in total. The number of hydrogen-bond acceptors (Lipinski definition) is 4. The summed E-state index contributed by atoms with van der Waals surface area (Å²) in [5.74, 6) is 0.795. The highest BCUT2D eigenvalue weighted by Crippen LogP contribution is 2.17. The van der Waals surface area contributed by atoms with Crippen LogP contribution in [0.3, 0.4) is 0 Å². The molecule has 0 spiro atoms. The van der Waals surface area contributed by atoms with Gasteiger partial charge in [-0.2, -0.15) is 11.8 Å². The number of rotatable bonds is 7. The number of nitrogens with one attached hydrogen (secondary N) is 1. The first-order valence-electron chi connectivity index (χ1n) is 6.67. The van der Waals surface area contributed by atoms with Gasteiger partial charge in [-0.3, -0.25) is 0 Å². The number of piperidine rings is 1. The minimum absolute atomic E-state index is 0.572. The van der Waals surface area contributed by atoms with Gasteiger partial charge in [0, 0.05) is 18.3 Å². The summed E-state index contributed by atoms with van der Waals surface area (Å²) in [6, 6.07) is 0.738. The zero-order valence-electron chi connectivity index (χ0n) is 11.5. The molecular weight excluding hydrogens is 232 g/mol. The van der Waals surface area contributed by atoms with Crippen LogP contribution in [0.1, 0.15) is 32.6 Å². The molecule has 1 aliphatic rings. The lowest BCUT2D eigenvalue weighted by atomic mass is 10.00. The fraction of sp³-hybridized carbons (Fsp3) is 1.00. The van der Waals surface area contributed by atoms with Crippen LogP contribution in [0.25, 0.3) is 0 Å². The van der Waals surface area contributed by atoms with Crippen molar-refractivity contribution < 1.29 is 5.11 Å². The second-order valence-electron chi connectivity index (χ2n) is 5.53. The molecule has 0 bridgehead atoms. The average Bonchev–Trinajstić information content (AvgIpc) is 2.26. The van der Waals surface area contributed by atoms with Crippen LogP contribution in [0.15, 0.2) is 0 Å². The van der Waals surface area contributed by atoms with Gasteiger partial charge in [0.15, 0.2) is 0 Å². The first kappa shape index (κ1) is 15.3. The van der Waals surface area contributed by atoms with Crippen molar-refractivity contribution in [3.8, 4) is 0 Å². The second kappa shape index (κ2) is 7.62. The molecule has 0 aromatic heterocycles. The topological polar surface area (TPSA) is 35.5 Å². The maximum atomic E-state index is 10.0. The third-order valence-corrected chi connectivity index (χ3v) is 4.45. The standard InChI is InChI=1S/C13H28N2OS/c1-13(16,11-17-3)10-14-8-7-12-6-4-5-9-15(12)2/h12,14,16H,4-11H2,1-3H3. The van der Waals surface area contributed by atoms with Gasteiger partial charge in [0.2, 0.25) is 0 Å². The van der Waals surface area contributed by atoms with Crippen LogP contribution in [-0.2, 0) is 0 Å². The molecule has 1 heterocycles. The number of aliphatic hydroxyl groups is 1. The summed E-state index contributed by atoms with van der Waals surface area (Å²) in [6.07, 6.45) is 7.29. The molecule has 0 amide bonds. The van der Waals surface area contributed by atoms with Gasteiger partial charge in [0.1, 0.15) is 0 Å². The van der Waals surface area contributed by atoms with E-state index < -0.39 is 5.60 Å². The van der Waals surface area contributed by atoms with E-state index in [4.69, 9.17) is 0 Å². The Kier molecular flexibility index (Phi) is 6.85. The Bertz CT molecular complexity index is 212. The van der Waals surface area contributed by atoms with Crippen molar-refractivity contribution in [3.05, 3.63) is 0 Å². The minimum Gasteiger partial charge on any atom is -0.388 e. The molecular formula is C13H28N2OS. The van der Waals surface area contributed by atoms with Gasteiger partial charge in [-0.15, -0.1) is 0 Å². The van der Waals surface area contributed by atoms with Gasteiger partial charge in [-0.05, 0) is 52.6 Å². The molecule has 4 heteroatoms. The van der Waals surface area contributed by atoms with Crippen LogP contribution in [0.5, 0.6) is 0 Å². The zero-order valence-corrected chi connectivity index (χ0v) is 12.4. The van der Waals surface area contributed by atoms with Gasteiger partial charge in [-0.25, -0.2) is 0 Å². The molecule has 2 atom stereocenters. The molecule has 1 saturated heterocycles.